The Kier molecular flexibility index (Phi) is 4.52. The van der Waals surface area contributed by atoms with Gasteiger partial charge in [-0.2, -0.15) is 5.10 Å². The Morgan fingerprint density at radius 3 is 2.45 bits per heavy atom. The summed E-state index contributed by atoms with van der Waals surface area (Å²) in [6.45, 7) is 1.80. The van der Waals surface area contributed by atoms with E-state index in [9.17, 15) is 20.2 Å². The Morgan fingerprint density at radius 2 is 1.69 bits per heavy atom. The largest absolute Gasteiger partial charge is 0.301 e. The number of benzene rings is 3. The second-order valence-electron chi connectivity index (χ2n) is 6.73. The van der Waals surface area contributed by atoms with Crippen molar-refractivity contribution < 1.29 is 9.85 Å². The van der Waals surface area contributed by atoms with Gasteiger partial charge < -0.3 is 0 Å². The SMILES string of the molecule is CC(=NNc1ccc([N+](=O)[O-])cc1[N+](=O)[O-])c1ccc2c(c1)Cc1ccccc1-2. The maximum atomic E-state index is 11.2. The first kappa shape index (κ1) is 18.3. The molecule has 3 aromatic carbocycles. The molecule has 0 unspecified atom stereocenters. The lowest BCUT2D eigenvalue weighted by atomic mass is 10.0. The van der Waals surface area contributed by atoms with Crippen molar-refractivity contribution >= 4 is 22.8 Å². The lowest BCUT2D eigenvalue weighted by molar-refractivity contribution is -0.393. The van der Waals surface area contributed by atoms with E-state index in [4.69, 9.17) is 0 Å². The van der Waals surface area contributed by atoms with E-state index in [-0.39, 0.29) is 11.4 Å². The van der Waals surface area contributed by atoms with E-state index in [2.05, 4.69) is 34.8 Å². The third kappa shape index (κ3) is 3.43. The molecular weight excluding hydrogens is 372 g/mol. The van der Waals surface area contributed by atoms with Crippen LogP contribution in [0.15, 0.2) is 65.8 Å². The van der Waals surface area contributed by atoms with Crippen LogP contribution in [0.4, 0.5) is 17.1 Å². The summed E-state index contributed by atoms with van der Waals surface area (Å²) in [7, 11) is 0. The molecule has 0 bridgehead atoms. The molecule has 0 saturated carbocycles. The average molecular weight is 388 g/mol. The van der Waals surface area contributed by atoms with Crippen LogP contribution in [0.1, 0.15) is 23.6 Å². The zero-order valence-corrected chi connectivity index (χ0v) is 15.5. The van der Waals surface area contributed by atoms with Gasteiger partial charge in [0, 0.05) is 6.07 Å². The molecule has 0 atom stereocenters. The fourth-order valence-electron chi connectivity index (χ4n) is 3.46. The summed E-state index contributed by atoms with van der Waals surface area (Å²) >= 11 is 0. The van der Waals surface area contributed by atoms with Crippen molar-refractivity contribution in [3.05, 3.63) is 97.6 Å². The molecule has 0 fully saturated rings. The zero-order valence-electron chi connectivity index (χ0n) is 15.5. The standard InChI is InChI=1S/C21H16N4O4/c1-13(22-23-20-9-7-17(24(26)27)12-21(20)25(28)29)14-6-8-19-16(10-14)11-15-4-2-3-5-18(15)19/h2-10,12,23H,11H2,1H3. The molecule has 0 spiro atoms. The van der Waals surface area contributed by atoms with Crippen LogP contribution >= 0.6 is 0 Å². The number of nitrogens with zero attached hydrogens (tertiary/aromatic N) is 3. The molecule has 1 aliphatic carbocycles. The van der Waals surface area contributed by atoms with Crippen LogP contribution in [0, 0.1) is 20.2 Å². The summed E-state index contributed by atoms with van der Waals surface area (Å²) in [4.78, 5) is 20.7. The van der Waals surface area contributed by atoms with Gasteiger partial charge in [-0.05, 0) is 53.3 Å². The number of anilines is 1. The summed E-state index contributed by atoms with van der Waals surface area (Å²) in [5, 5.41) is 26.3. The maximum absolute atomic E-state index is 11.2. The second-order valence-corrected chi connectivity index (χ2v) is 6.73. The number of nitrogens with one attached hydrogen (secondary N) is 1. The summed E-state index contributed by atoms with van der Waals surface area (Å²) in [5.41, 5.74) is 8.49. The predicted octanol–water partition coefficient (Wildman–Crippen LogP) is 4.91. The Balaban J connectivity index is 1.60. The molecule has 8 heteroatoms. The fraction of sp³-hybridized carbons (Fsp3) is 0.0952. The Bertz CT molecular complexity index is 1190. The quantitative estimate of drug-likeness (QED) is 0.297. The molecule has 0 saturated heterocycles. The minimum Gasteiger partial charge on any atom is -0.271 e. The van der Waals surface area contributed by atoms with Gasteiger partial charge in [0.25, 0.3) is 5.69 Å². The van der Waals surface area contributed by atoms with Crippen molar-refractivity contribution in [1.29, 1.82) is 0 Å². The van der Waals surface area contributed by atoms with Crippen molar-refractivity contribution in [2.45, 2.75) is 13.3 Å². The van der Waals surface area contributed by atoms with E-state index in [1.165, 1.54) is 34.4 Å². The fourth-order valence-corrected chi connectivity index (χ4v) is 3.46. The maximum Gasteiger partial charge on any atom is 0.301 e. The number of nitro groups is 2. The highest BCUT2D eigenvalue weighted by Crippen LogP contribution is 2.36. The highest BCUT2D eigenvalue weighted by atomic mass is 16.6. The monoisotopic (exact) mass is 388 g/mol. The third-order valence-corrected chi connectivity index (χ3v) is 4.94. The predicted molar refractivity (Wildman–Crippen MR) is 110 cm³/mol. The normalized spacial score (nSPS) is 12.2. The molecular formula is C21H16N4O4. The van der Waals surface area contributed by atoms with Crippen molar-refractivity contribution in [3.8, 4) is 11.1 Å². The Morgan fingerprint density at radius 1 is 0.931 bits per heavy atom. The highest BCUT2D eigenvalue weighted by molar-refractivity contribution is 6.00. The number of nitro benzene ring substituents is 2. The van der Waals surface area contributed by atoms with Gasteiger partial charge in [0.2, 0.25) is 0 Å². The van der Waals surface area contributed by atoms with Crippen LogP contribution in [0.2, 0.25) is 0 Å². The van der Waals surface area contributed by atoms with Crippen LogP contribution in [0.5, 0.6) is 0 Å². The summed E-state index contributed by atoms with van der Waals surface area (Å²) in [6.07, 6.45) is 0.855. The van der Waals surface area contributed by atoms with Crippen molar-refractivity contribution in [2.75, 3.05) is 5.43 Å². The highest BCUT2D eigenvalue weighted by Gasteiger charge is 2.20. The van der Waals surface area contributed by atoms with Gasteiger partial charge in [-0.3, -0.25) is 25.7 Å². The number of hydrogen-bond acceptors (Lipinski definition) is 6. The summed E-state index contributed by atoms with van der Waals surface area (Å²) < 4.78 is 0. The molecule has 3 aromatic rings. The van der Waals surface area contributed by atoms with E-state index in [1.807, 2.05) is 18.2 Å². The molecule has 8 nitrogen and oxygen atoms in total. The van der Waals surface area contributed by atoms with E-state index in [1.54, 1.807) is 6.92 Å². The average Bonchev–Trinajstić information content (AvgIpc) is 3.09. The second kappa shape index (κ2) is 7.16. The molecule has 0 radical (unpaired) electrons. The number of non-ortho nitro benzene ring substituents is 1. The Hall–Kier alpha value is -4.07. The molecule has 0 aliphatic heterocycles. The number of fused-ring (bicyclic) bond motifs is 3. The molecule has 0 amide bonds. The van der Waals surface area contributed by atoms with E-state index < -0.39 is 15.5 Å². The molecule has 0 heterocycles. The number of hydrogen-bond donors (Lipinski definition) is 1. The van der Waals surface area contributed by atoms with Crippen LogP contribution in [-0.2, 0) is 6.42 Å². The van der Waals surface area contributed by atoms with Gasteiger partial charge in [-0.1, -0.05) is 36.4 Å². The van der Waals surface area contributed by atoms with Gasteiger partial charge in [0.15, 0.2) is 0 Å². The van der Waals surface area contributed by atoms with Crippen LogP contribution in [-0.4, -0.2) is 15.6 Å². The molecule has 144 valence electrons. The van der Waals surface area contributed by atoms with Crippen LogP contribution < -0.4 is 5.43 Å². The minimum absolute atomic E-state index is 0.0912. The van der Waals surface area contributed by atoms with Crippen molar-refractivity contribution in [1.82, 2.24) is 0 Å². The van der Waals surface area contributed by atoms with Crippen molar-refractivity contribution in [3.63, 3.8) is 0 Å². The molecule has 4 rings (SSSR count). The smallest absolute Gasteiger partial charge is 0.271 e. The summed E-state index contributed by atoms with van der Waals surface area (Å²) in [6, 6.07) is 17.8. The third-order valence-electron chi connectivity index (χ3n) is 4.94. The minimum atomic E-state index is -0.674. The summed E-state index contributed by atoms with van der Waals surface area (Å²) in [5.74, 6) is 0. The first-order valence-electron chi connectivity index (χ1n) is 8.89. The van der Waals surface area contributed by atoms with E-state index >= 15 is 0 Å². The first-order chi connectivity index (χ1) is 13.9. The van der Waals surface area contributed by atoms with Gasteiger partial charge >= 0.3 is 5.69 Å². The van der Waals surface area contributed by atoms with Crippen LogP contribution in [0.25, 0.3) is 11.1 Å². The number of rotatable bonds is 5. The van der Waals surface area contributed by atoms with Gasteiger partial charge in [-0.25, -0.2) is 0 Å². The molecule has 1 N–H and O–H groups in total. The molecule has 29 heavy (non-hydrogen) atoms. The number of hydrazone groups is 1. The lowest BCUT2D eigenvalue weighted by Gasteiger charge is -2.07. The van der Waals surface area contributed by atoms with Gasteiger partial charge in [0.1, 0.15) is 5.69 Å². The van der Waals surface area contributed by atoms with E-state index in [0.717, 1.165) is 18.1 Å². The van der Waals surface area contributed by atoms with Crippen LogP contribution in [0.3, 0.4) is 0 Å². The van der Waals surface area contributed by atoms with E-state index in [0.29, 0.717) is 5.71 Å². The van der Waals surface area contributed by atoms with Gasteiger partial charge in [-0.15, -0.1) is 0 Å². The molecule has 0 aromatic heterocycles. The molecule has 1 aliphatic rings. The first-order valence-corrected chi connectivity index (χ1v) is 8.89. The Labute approximate surface area is 165 Å². The topological polar surface area (TPSA) is 111 Å². The van der Waals surface area contributed by atoms with Gasteiger partial charge in [0.05, 0.1) is 21.6 Å². The zero-order chi connectivity index (χ0) is 20.5. The van der Waals surface area contributed by atoms with Crippen molar-refractivity contribution in [2.24, 2.45) is 5.10 Å². The lowest BCUT2D eigenvalue weighted by Crippen LogP contribution is -2.03.